The van der Waals surface area contributed by atoms with Crippen molar-refractivity contribution in [3.8, 4) is 0 Å². The number of quaternary nitrogens is 1. The van der Waals surface area contributed by atoms with E-state index in [4.69, 9.17) is 0 Å². The van der Waals surface area contributed by atoms with E-state index in [0.717, 1.165) is 0 Å². The molecule has 0 spiro atoms. The molecule has 0 rings (SSSR count). The van der Waals surface area contributed by atoms with Gasteiger partial charge in [-0.1, -0.05) is 19.8 Å². The van der Waals surface area contributed by atoms with E-state index in [1.165, 1.54) is 31.8 Å². The van der Waals surface area contributed by atoms with Crippen molar-refractivity contribution in [3.05, 3.63) is 0 Å². The molecule has 0 aromatic carbocycles. The van der Waals surface area contributed by atoms with Crippen molar-refractivity contribution in [1.82, 2.24) is 6.15 Å². The van der Waals surface area contributed by atoms with Crippen LogP contribution in [0.1, 0.15) is 32.6 Å². The van der Waals surface area contributed by atoms with Gasteiger partial charge in [0.15, 0.2) is 0 Å². The van der Waals surface area contributed by atoms with E-state index in [0.29, 0.717) is 0 Å². The van der Waals surface area contributed by atoms with Gasteiger partial charge in [-0.15, -0.1) is 0 Å². The summed E-state index contributed by atoms with van der Waals surface area (Å²) < 4.78 is 0. The molecule has 0 heterocycles. The highest BCUT2D eigenvalue weighted by atomic mass is 31.2. The SMILES string of the molecule is CCCCCC[P+](C)(C)C.[NH4+].[OH-].[OH-]. The maximum absolute atomic E-state index is 2.43. The minimum absolute atomic E-state index is 0. The smallest absolute Gasteiger partial charge is 0.0586 e. The Balaban J connectivity index is -0.000000135. The molecule has 0 amide bonds. The van der Waals surface area contributed by atoms with Crippen LogP contribution in [-0.2, 0) is 0 Å². The van der Waals surface area contributed by atoms with E-state index in [1.807, 2.05) is 0 Å². The van der Waals surface area contributed by atoms with Crippen LogP contribution in [0.4, 0.5) is 0 Å². The molecule has 0 atom stereocenters. The lowest BCUT2D eigenvalue weighted by atomic mass is 10.2. The molecule has 0 aromatic rings. The molecule has 86 valence electrons. The van der Waals surface area contributed by atoms with Crippen LogP contribution in [0.5, 0.6) is 0 Å². The second-order valence-electron chi connectivity index (χ2n) is 4.07. The number of rotatable bonds is 5. The lowest BCUT2D eigenvalue weighted by Gasteiger charge is -2.10. The van der Waals surface area contributed by atoms with Crippen molar-refractivity contribution in [2.75, 3.05) is 26.2 Å². The van der Waals surface area contributed by atoms with Crippen LogP contribution < -0.4 is 6.15 Å². The molecule has 0 radical (unpaired) electrons. The summed E-state index contributed by atoms with van der Waals surface area (Å²) in [7, 11) is -0.456. The molecular weight excluding hydrogens is 185 g/mol. The molecule has 0 saturated heterocycles. The lowest BCUT2D eigenvalue weighted by molar-refractivity contribution is 0.704. The Morgan fingerprint density at radius 1 is 0.846 bits per heavy atom. The van der Waals surface area contributed by atoms with Gasteiger partial charge >= 0.3 is 0 Å². The summed E-state index contributed by atoms with van der Waals surface area (Å²) in [5, 5.41) is 0. The quantitative estimate of drug-likeness (QED) is 0.558. The van der Waals surface area contributed by atoms with Gasteiger partial charge < -0.3 is 17.1 Å². The average molecular weight is 213 g/mol. The fourth-order valence-corrected chi connectivity index (χ4v) is 2.19. The zero-order valence-corrected chi connectivity index (χ0v) is 10.8. The third kappa shape index (κ3) is 24.5. The van der Waals surface area contributed by atoms with Gasteiger partial charge in [-0.05, 0) is 12.8 Å². The van der Waals surface area contributed by atoms with Gasteiger partial charge in [-0.2, -0.15) is 0 Å². The molecule has 0 fully saturated rings. The molecule has 0 aliphatic heterocycles. The Kier molecular flexibility index (Phi) is 22.0. The Labute approximate surface area is 83.8 Å². The molecule has 0 aromatic heterocycles. The highest BCUT2D eigenvalue weighted by Gasteiger charge is 2.14. The second-order valence-corrected chi connectivity index (χ2v) is 9.10. The summed E-state index contributed by atoms with van der Waals surface area (Å²) in [6, 6.07) is 0. The monoisotopic (exact) mass is 213 g/mol. The Morgan fingerprint density at radius 3 is 1.62 bits per heavy atom. The fraction of sp³-hybridized carbons (Fsp3) is 1.00. The molecule has 0 saturated carbocycles. The first-order valence-electron chi connectivity index (χ1n) is 4.36. The maximum atomic E-state index is 2.43. The Hall–Kier alpha value is 0.310. The van der Waals surface area contributed by atoms with Crippen molar-refractivity contribution < 1.29 is 11.0 Å². The minimum Gasteiger partial charge on any atom is -0.870 e. The number of hydrogen-bond acceptors (Lipinski definition) is 2. The summed E-state index contributed by atoms with van der Waals surface area (Å²) in [6.07, 6.45) is 7.20. The van der Waals surface area contributed by atoms with E-state index in [9.17, 15) is 0 Å². The molecular formula is C9H28NO2P. The van der Waals surface area contributed by atoms with Crippen LogP contribution in [-0.4, -0.2) is 37.1 Å². The summed E-state index contributed by atoms with van der Waals surface area (Å²) in [5.74, 6) is 0. The van der Waals surface area contributed by atoms with Crippen LogP contribution in [0.3, 0.4) is 0 Å². The topological polar surface area (TPSA) is 96.5 Å². The van der Waals surface area contributed by atoms with E-state index in [2.05, 4.69) is 26.9 Å². The van der Waals surface area contributed by atoms with Gasteiger partial charge in [0.25, 0.3) is 0 Å². The lowest BCUT2D eigenvalue weighted by Crippen LogP contribution is -1.92. The van der Waals surface area contributed by atoms with Crippen LogP contribution in [0.15, 0.2) is 0 Å². The number of hydrogen-bond donors (Lipinski definition) is 1. The van der Waals surface area contributed by atoms with Crippen LogP contribution >= 0.6 is 7.26 Å². The summed E-state index contributed by atoms with van der Waals surface area (Å²) in [4.78, 5) is 0. The highest BCUT2D eigenvalue weighted by molar-refractivity contribution is 7.73. The van der Waals surface area contributed by atoms with E-state index >= 15 is 0 Å². The molecule has 0 aliphatic rings. The van der Waals surface area contributed by atoms with E-state index in [1.54, 1.807) is 0 Å². The summed E-state index contributed by atoms with van der Waals surface area (Å²) in [5.41, 5.74) is 0. The van der Waals surface area contributed by atoms with Crippen molar-refractivity contribution >= 4 is 7.26 Å². The summed E-state index contributed by atoms with van der Waals surface area (Å²) >= 11 is 0. The Morgan fingerprint density at radius 2 is 1.31 bits per heavy atom. The van der Waals surface area contributed by atoms with E-state index < -0.39 is 7.26 Å². The van der Waals surface area contributed by atoms with Gasteiger partial charge in [0.1, 0.15) is 0 Å². The van der Waals surface area contributed by atoms with Gasteiger partial charge in [-0.3, -0.25) is 0 Å². The first-order chi connectivity index (χ1) is 4.56. The largest absolute Gasteiger partial charge is 0.870 e. The number of unbranched alkanes of at least 4 members (excludes halogenated alkanes) is 3. The highest BCUT2D eigenvalue weighted by Crippen LogP contribution is 2.47. The molecule has 3 nitrogen and oxygen atoms in total. The second kappa shape index (κ2) is 12.3. The third-order valence-corrected chi connectivity index (χ3v) is 3.34. The molecule has 6 N–H and O–H groups in total. The van der Waals surface area contributed by atoms with Crippen molar-refractivity contribution in [2.24, 2.45) is 0 Å². The summed E-state index contributed by atoms with van der Waals surface area (Å²) in [6.45, 7) is 9.56. The molecule has 0 unspecified atom stereocenters. The zero-order chi connectivity index (χ0) is 8.04. The molecule has 4 heteroatoms. The predicted molar refractivity (Wildman–Crippen MR) is 63.6 cm³/mol. The van der Waals surface area contributed by atoms with Gasteiger partial charge in [0, 0.05) is 27.3 Å². The van der Waals surface area contributed by atoms with Crippen molar-refractivity contribution in [3.63, 3.8) is 0 Å². The first kappa shape index (κ1) is 23.3. The maximum Gasteiger partial charge on any atom is 0.0586 e. The van der Waals surface area contributed by atoms with Gasteiger partial charge in [0.05, 0.1) is 6.16 Å². The van der Waals surface area contributed by atoms with Gasteiger partial charge in [-0.25, -0.2) is 0 Å². The standard InChI is InChI=1S/C9H22P.H3N.2H2O/c1-5-6-7-8-9-10(2,3)4;;;/h5-9H2,1-4H3;1H3;2*1H2/q+1;;;/p-1. The van der Waals surface area contributed by atoms with E-state index in [-0.39, 0.29) is 17.1 Å². The van der Waals surface area contributed by atoms with Crippen LogP contribution in [0.25, 0.3) is 0 Å². The predicted octanol–water partition coefficient (Wildman–Crippen LogP) is 3.50. The fourth-order valence-electron chi connectivity index (χ4n) is 1.01. The van der Waals surface area contributed by atoms with Crippen LogP contribution in [0, 0.1) is 0 Å². The zero-order valence-electron chi connectivity index (χ0n) is 9.88. The first-order valence-corrected chi connectivity index (χ1v) is 7.68. The Bertz CT molecular complexity index is 84.2. The minimum atomic E-state index is -0.456. The third-order valence-electron chi connectivity index (χ3n) is 1.68. The van der Waals surface area contributed by atoms with Crippen molar-refractivity contribution in [2.45, 2.75) is 32.6 Å². The molecule has 0 aliphatic carbocycles. The normalized spacial score (nSPS) is 9.23. The molecule has 13 heavy (non-hydrogen) atoms. The van der Waals surface area contributed by atoms with Crippen molar-refractivity contribution in [1.29, 1.82) is 0 Å². The van der Waals surface area contributed by atoms with Crippen LogP contribution in [0.2, 0.25) is 0 Å². The molecule has 0 bridgehead atoms. The average Bonchev–Trinajstić information content (AvgIpc) is 1.78. The van der Waals surface area contributed by atoms with Gasteiger partial charge in [0.2, 0.25) is 0 Å².